The largest absolute Gasteiger partial charge is 0.325 e. The molecule has 1 aliphatic heterocycles. The predicted octanol–water partition coefficient (Wildman–Crippen LogP) is 3.00. The molecule has 0 fully saturated rings. The van der Waals surface area contributed by atoms with E-state index in [2.05, 4.69) is 16.9 Å². The summed E-state index contributed by atoms with van der Waals surface area (Å²) in [6.45, 7) is 5.88. The third-order valence-electron chi connectivity index (χ3n) is 4.22. The number of rotatable bonds is 4. The molecule has 1 heterocycles. The van der Waals surface area contributed by atoms with E-state index in [1.807, 2.05) is 36.2 Å². The molecule has 9 heteroatoms. The molecule has 2 aromatic rings. The van der Waals surface area contributed by atoms with Crippen LogP contribution in [-0.2, 0) is 14.8 Å². The highest BCUT2D eigenvalue weighted by molar-refractivity contribution is 8.14. The minimum atomic E-state index is -3.77. The van der Waals surface area contributed by atoms with Crippen molar-refractivity contribution in [2.45, 2.75) is 17.1 Å². The van der Waals surface area contributed by atoms with Crippen molar-refractivity contribution < 1.29 is 13.2 Å². The van der Waals surface area contributed by atoms with Gasteiger partial charge < -0.3 is 10.2 Å². The quantitative estimate of drug-likeness (QED) is 0.797. The Morgan fingerprint density at radius 1 is 1.21 bits per heavy atom. The van der Waals surface area contributed by atoms with Crippen molar-refractivity contribution in [3.05, 3.63) is 60.7 Å². The van der Waals surface area contributed by atoms with E-state index in [-0.39, 0.29) is 10.8 Å². The van der Waals surface area contributed by atoms with Gasteiger partial charge >= 0.3 is 0 Å². The lowest BCUT2D eigenvalue weighted by Gasteiger charge is -2.29. The molecule has 0 aromatic heterocycles. The number of nitrogens with zero attached hydrogens (tertiary/aromatic N) is 2. The summed E-state index contributed by atoms with van der Waals surface area (Å²) in [4.78, 5) is 19.0. The number of aliphatic imine (C=N–C) groups is 1. The number of fused-ring (bicyclic) bond motifs is 1. The van der Waals surface area contributed by atoms with Crippen LogP contribution in [-0.4, -0.2) is 36.7 Å². The first-order chi connectivity index (χ1) is 13.2. The number of nitrogens with two attached hydrogens (primary N) is 1. The van der Waals surface area contributed by atoms with Crippen molar-refractivity contribution in [2.75, 3.05) is 12.4 Å². The van der Waals surface area contributed by atoms with Crippen LogP contribution in [0.3, 0.4) is 0 Å². The number of para-hydroxylation sites is 1. The lowest BCUT2D eigenvalue weighted by molar-refractivity contribution is -0.115. The van der Waals surface area contributed by atoms with Crippen molar-refractivity contribution >= 4 is 49.9 Å². The van der Waals surface area contributed by atoms with Crippen molar-refractivity contribution in [1.29, 1.82) is 0 Å². The zero-order valence-corrected chi connectivity index (χ0v) is 17.0. The Bertz CT molecular complexity index is 1060. The first kappa shape index (κ1) is 20.1. The topological polar surface area (TPSA) is 105 Å². The van der Waals surface area contributed by atoms with Crippen molar-refractivity contribution in [3.63, 3.8) is 0 Å². The number of hydrogen-bond acceptors (Lipinski definition) is 6. The molecule has 3 N–H and O–H groups in total. The Hall–Kier alpha value is -2.62. The molecule has 0 spiro atoms. The van der Waals surface area contributed by atoms with E-state index >= 15 is 0 Å². The zero-order chi connectivity index (χ0) is 20.5. The molecule has 0 aliphatic carbocycles. The number of amides is 1. The van der Waals surface area contributed by atoms with Gasteiger partial charge in [0, 0.05) is 24.0 Å². The van der Waals surface area contributed by atoms with E-state index in [0.29, 0.717) is 10.9 Å². The van der Waals surface area contributed by atoms with Crippen molar-refractivity contribution in [2.24, 2.45) is 10.1 Å². The maximum Gasteiger partial charge on any atom is 0.238 e. The molecule has 7 nitrogen and oxygen atoms in total. The zero-order valence-electron chi connectivity index (χ0n) is 15.4. The molecule has 0 radical (unpaired) electrons. The maximum absolute atomic E-state index is 12.5. The molecule has 0 saturated carbocycles. The minimum Gasteiger partial charge on any atom is -0.325 e. The number of benzene rings is 2. The van der Waals surface area contributed by atoms with Crippen LogP contribution >= 0.6 is 11.8 Å². The van der Waals surface area contributed by atoms with Crippen molar-refractivity contribution in [3.8, 4) is 0 Å². The van der Waals surface area contributed by atoms with Crippen LogP contribution in [0.5, 0.6) is 0 Å². The maximum atomic E-state index is 12.5. The summed E-state index contributed by atoms with van der Waals surface area (Å²) in [5, 5.41) is 8.08. The van der Waals surface area contributed by atoms with Gasteiger partial charge in [-0.2, -0.15) is 0 Å². The Labute approximate surface area is 168 Å². The Morgan fingerprint density at radius 2 is 1.86 bits per heavy atom. The van der Waals surface area contributed by atoms with Gasteiger partial charge in [0.05, 0.1) is 15.8 Å². The van der Waals surface area contributed by atoms with E-state index in [1.54, 1.807) is 6.92 Å². The summed E-state index contributed by atoms with van der Waals surface area (Å²) in [7, 11) is -1.90. The molecule has 0 saturated heterocycles. The minimum absolute atomic E-state index is 0.0108. The predicted molar refractivity (Wildman–Crippen MR) is 114 cm³/mol. The monoisotopic (exact) mass is 416 g/mol. The standard InChI is InChI=1S/C19H20N4O3S2/c1-12-16-6-4-5-7-17(16)22-19(23(12)3)27-13(2)18(24)21-14-8-10-15(11-9-14)28(20,25)26/h4-11,13H,1H2,2-3H3,(H,21,24)(H2,20,25,26). The molecule has 28 heavy (non-hydrogen) atoms. The van der Waals surface area contributed by atoms with Crippen LogP contribution < -0.4 is 10.5 Å². The fourth-order valence-corrected chi connectivity index (χ4v) is 4.00. The highest BCUT2D eigenvalue weighted by Crippen LogP contribution is 2.35. The molecule has 1 atom stereocenters. The number of carbonyl (C=O) groups is 1. The molecule has 1 amide bonds. The smallest absolute Gasteiger partial charge is 0.238 e. The van der Waals surface area contributed by atoms with Crippen molar-refractivity contribution in [1.82, 2.24) is 4.90 Å². The second kappa shape index (κ2) is 7.78. The average molecular weight is 417 g/mol. The number of anilines is 1. The second-order valence-corrected chi connectivity index (χ2v) is 9.11. The number of hydrogen-bond donors (Lipinski definition) is 2. The van der Waals surface area contributed by atoms with E-state index < -0.39 is 15.3 Å². The van der Waals surface area contributed by atoms with Crippen LogP contribution in [0.25, 0.3) is 5.70 Å². The van der Waals surface area contributed by atoms with E-state index in [0.717, 1.165) is 16.9 Å². The van der Waals surface area contributed by atoms with Gasteiger partial charge in [-0.15, -0.1) is 0 Å². The second-order valence-electron chi connectivity index (χ2n) is 6.24. The molecule has 3 rings (SSSR count). The molecule has 146 valence electrons. The SMILES string of the molecule is C=C1c2ccccc2N=C(SC(C)C(=O)Nc2ccc(S(N)(=O)=O)cc2)N1C. The van der Waals surface area contributed by atoms with Gasteiger partial charge in [-0.3, -0.25) is 4.79 Å². The van der Waals surface area contributed by atoms with Crippen LogP contribution in [0.15, 0.2) is 65.0 Å². The van der Waals surface area contributed by atoms with Gasteiger partial charge in [-0.25, -0.2) is 18.5 Å². The van der Waals surface area contributed by atoms with Crippen LogP contribution in [0.4, 0.5) is 11.4 Å². The number of primary sulfonamides is 1. The molecular formula is C19H20N4O3S2. The fourth-order valence-electron chi connectivity index (χ4n) is 2.58. The molecule has 2 aromatic carbocycles. The van der Waals surface area contributed by atoms with Gasteiger partial charge in [-0.05, 0) is 37.3 Å². The number of amidine groups is 1. The highest BCUT2D eigenvalue weighted by atomic mass is 32.2. The van der Waals surface area contributed by atoms with Gasteiger partial charge in [0.25, 0.3) is 0 Å². The van der Waals surface area contributed by atoms with E-state index in [4.69, 9.17) is 5.14 Å². The van der Waals surface area contributed by atoms with Gasteiger partial charge in [0.2, 0.25) is 15.9 Å². The molecule has 0 bridgehead atoms. The van der Waals surface area contributed by atoms with E-state index in [9.17, 15) is 13.2 Å². The highest BCUT2D eigenvalue weighted by Gasteiger charge is 2.25. The van der Waals surface area contributed by atoms with E-state index in [1.165, 1.54) is 36.0 Å². The van der Waals surface area contributed by atoms with Crippen LogP contribution in [0, 0.1) is 0 Å². The third kappa shape index (κ3) is 4.27. The Morgan fingerprint density at radius 3 is 2.50 bits per heavy atom. The number of sulfonamides is 1. The van der Waals surface area contributed by atoms with Gasteiger partial charge in [0.1, 0.15) is 0 Å². The van der Waals surface area contributed by atoms with Crippen LogP contribution in [0.1, 0.15) is 12.5 Å². The summed E-state index contributed by atoms with van der Waals surface area (Å²) >= 11 is 1.32. The number of thioether (sulfide) groups is 1. The molecular weight excluding hydrogens is 396 g/mol. The van der Waals surface area contributed by atoms with Gasteiger partial charge in [0.15, 0.2) is 5.17 Å². The summed E-state index contributed by atoms with van der Waals surface area (Å²) in [6, 6.07) is 13.4. The average Bonchev–Trinajstić information content (AvgIpc) is 2.65. The Balaban J connectivity index is 1.71. The number of carbonyl (C=O) groups excluding carboxylic acids is 1. The first-order valence-electron chi connectivity index (χ1n) is 8.38. The van der Waals surface area contributed by atoms with Crippen LogP contribution in [0.2, 0.25) is 0 Å². The normalized spacial score (nSPS) is 14.9. The summed E-state index contributed by atoms with van der Waals surface area (Å²) < 4.78 is 22.6. The molecule has 1 unspecified atom stereocenters. The van der Waals surface area contributed by atoms with Gasteiger partial charge in [-0.1, -0.05) is 36.5 Å². The lowest BCUT2D eigenvalue weighted by atomic mass is 10.1. The number of nitrogens with one attached hydrogen (secondary N) is 1. The summed E-state index contributed by atoms with van der Waals surface area (Å²) in [5.41, 5.74) is 3.08. The summed E-state index contributed by atoms with van der Waals surface area (Å²) in [6.07, 6.45) is 0. The lowest BCUT2D eigenvalue weighted by Crippen LogP contribution is -2.30. The summed E-state index contributed by atoms with van der Waals surface area (Å²) in [5.74, 6) is -0.228. The molecule has 1 aliphatic rings. The fraction of sp³-hybridized carbons (Fsp3) is 0.158. The first-order valence-corrected chi connectivity index (χ1v) is 10.8. The Kier molecular flexibility index (Phi) is 5.59. The third-order valence-corrected chi connectivity index (χ3v) is 6.30.